The third kappa shape index (κ3) is 3.20. The van der Waals surface area contributed by atoms with Crippen LogP contribution in [0.2, 0.25) is 0 Å². The Morgan fingerprint density at radius 1 is 1.06 bits per heavy atom. The molecule has 0 spiro atoms. The van der Waals surface area contributed by atoms with Crippen molar-refractivity contribution in [2.75, 3.05) is 5.73 Å². The van der Waals surface area contributed by atoms with E-state index in [4.69, 9.17) is 15.2 Å². The maximum absolute atomic E-state index is 9.37. The Morgan fingerprint density at radius 2 is 1.97 bits per heavy atom. The molecule has 0 saturated carbocycles. The van der Waals surface area contributed by atoms with Gasteiger partial charge in [0.15, 0.2) is 29.3 Å². The number of nitrogens with two attached hydrogens (primary N) is 1. The van der Waals surface area contributed by atoms with Crippen molar-refractivity contribution in [3.05, 3.63) is 84.4 Å². The second kappa shape index (κ2) is 7.75. The summed E-state index contributed by atoms with van der Waals surface area (Å²) in [6.45, 7) is 0. The van der Waals surface area contributed by atoms with Crippen molar-refractivity contribution in [1.82, 2.24) is 34.5 Å². The quantitative estimate of drug-likeness (QED) is 0.431. The van der Waals surface area contributed by atoms with Crippen LogP contribution in [-0.4, -0.2) is 34.5 Å². The molecule has 0 aliphatic carbocycles. The Labute approximate surface area is 192 Å². The second-order valence-corrected chi connectivity index (χ2v) is 7.54. The number of nitrogen functional groups attached to an aromatic ring is 1. The number of rotatable bonds is 4. The van der Waals surface area contributed by atoms with Crippen LogP contribution >= 0.6 is 0 Å². The van der Waals surface area contributed by atoms with Crippen LogP contribution in [0.4, 0.5) is 5.82 Å². The molecule has 0 radical (unpaired) electrons. The molecule has 6 rings (SSSR count). The fourth-order valence-electron chi connectivity index (χ4n) is 3.93. The van der Waals surface area contributed by atoms with Crippen molar-refractivity contribution in [2.24, 2.45) is 0 Å². The average molecular weight is 445 g/mol. The van der Waals surface area contributed by atoms with Crippen molar-refractivity contribution < 1.29 is 4.42 Å². The molecule has 0 amide bonds. The van der Waals surface area contributed by atoms with Gasteiger partial charge < -0.3 is 10.2 Å². The summed E-state index contributed by atoms with van der Waals surface area (Å²) in [6, 6.07) is 16.8. The fourth-order valence-corrected chi connectivity index (χ4v) is 3.93. The van der Waals surface area contributed by atoms with E-state index in [-0.39, 0.29) is 5.82 Å². The maximum Gasteiger partial charge on any atom is 0.198 e. The average Bonchev–Trinajstić information content (AvgIpc) is 3.53. The number of para-hydroxylation sites is 1. The Morgan fingerprint density at radius 3 is 2.82 bits per heavy atom. The van der Waals surface area contributed by atoms with Crippen LogP contribution in [0, 0.1) is 11.3 Å². The molecule has 4 aromatic heterocycles. The minimum atomic E-state index is 0.216. The van der Waals surface area contributed by atoms with Gasteiger partial charge in [-0.2, -0.15) is 10.4 Å². The summed E-state index contributed by atoms with van der Waals surface area (Å²) in [5, 5.41) is 14.1. The number of hydrogen-bond donors (Lipinski definition) is 1. The number of fused-ring (bicyclic) bond motifs is 2. The minimum Gasteiger partial charge on any atom is -0.443 e. The zero-order valence-corrected chi connectivity index (χ0v) is 17.6. The molecule has 162 valence electrons. The summed E-state index contributed by atoms with van der Waals surface area (Å²) in [5.41, 5.74) is 12.1. The Hall–Kier alpha value is -5.17. The summed E-state index contributed by atoms with van der Waals surface area (Å²) in [4.78, 5) is 22.1. The van der Waals surface area contributed by atoms with Crippen LogP contribution in [0.1, 0.15) is 17.0 Å². The lowest BCUT2D eigenvalue weighted by atomic mass is 10.0. The number of benzene rings is 2. The number of nitrogens with zero attached hydrogens (tertiary/aromatic N) is 8. The van der Waals surface area contributed by atoms with Crippen LogP contribution in [0.5, 0.6) is 0 Å². The molecule has 6 aromatic rings. The molecule has 0 fully saturated rings. The van der Waals surface area contributed by atoms with E-state index in [1.54, 1.807) is 35.0 Å². The van der Waals surface area contributed by atoms with Crippen LogP contribution < -0.4 is 5.73 Å². The highest BCUT2D eigenvalue weighted by molar-refractivity contribution is 5.82. The largest absolute Gasteiger partial charge is 0.443 e. The lowest BCUT2D eigenvalue weighted by molar-refractivity contribution is 0.602. The van der Waals surface area contributed by atoms with Gasteiger partial charge in [-0.3, -0.25) is 0 Å². The monoisotopic (exact) mass is 445 g/mol. The fraction of sp³-hybridized carbons (Fsp3) is 0.0417. The molecule has 0 aliphatic heterocycles. The standard InChI is InChI=1S/C24H15N9O/c25-11-14-3-1-4-15(9-14)21-22(17-7-8-27-12-28-17)33-24(23(26)31-21)30-19(32-33)10-16-5-2-6-18-20(16)29-13-34-18/h1-9,12-13H,10H2,(H2,26,31). The second-order valence-electron chi connectivity index (χ2n) is 7.54. The first-order chi connectivity index (χ1) is 16.7. The smallest absolute Gasteiger partial charge is 0.198 e. The van der Waals surface area contributed by atoms with Crippen LogP contribution in [0.15, 0.2) is 71.9 Å². The first-order valence-corrected chi connectivity index (χ1v) is 10.3. The van der Waals surface area contributed by atoms with Crippen LogP contribution in [-0.2, 0) is 6.42 Å². The highest BCUT2D eigenvalue weighted by atomic mass is 16.3. The number of anilines is 1. The maximum atomic E-state index is 9.37. The van der Waals surface area contributed by atoms with Crippen molar-refractivity contribution in [2.45, 2.75) is 6.42 Å². The van der Waals surface area contributed by atoms with E-state index < -0.39 is 0 Å². The zero-order valence-electron chi connectivity index (χ0n) is 17.6. The Bertz CT molecular complexity index is 1710. The van der Waals surface area contributed by atoms with Gasteiger partial charge in [-0.05, 0) is 29.8 Å². The normalized spacial score (nSPS) is 11.1. The summed E-state index contributed by atoms with van der Waals surface area (Å²) >= 11 is 0. The number of nitriles is 1. The molecular weight excluding hydrogens is 430 g/mol. The topological polar surface area (TPSA) is 145 Å². The SMILES string of the molecule is N#Cc1cccc(-c2nc(N)c3nc(Cc4cccc5ocnc45)nn3c2-c2ccncn2)c1. The Balaban J connectivity index is 1.58. The summed E-state index contributed by atoms with van der Waals surface area (Å²) in [6.07, 6.45) is 4.94. The van der Waals surface area contributed by atoms with Crippen LogP contribution in [0.25, 0.3) is 39.4 Å². The van der Waals surface area contributed by atoms with Gasteiger partial charge in [-0.15, -0.1) is 0 Å². The molecule has 0 aliphatic rings. The molecule has 10 heteroatoms. The highest BCUT2D eigenvalue weighted by Crippen LogP contribution is 2.32. The van der Waals surface area contributed by atoms with Gasteiger partial charge in [-0.25, -0.2) is 29.4 Å². The van der Waals surface area contributed by atoms with Crippen molar-refractivity contribution in [1.29, 1.82) is 5.26 Å². The first-order valence-electron chi connectivity index (χ1n) is 10.3. The number of hydrogen-bond acceptors (Lipinski definition) is 9. The molecule has 2 N–H and O–H groups in total. The zero-order chi connectivity index (χ0) is 23.1. The molecular formula is C24H15N9O. The van der Waals surface area contributed by atoms with E-state index in [2.05, 4.69) is 31.0 Å². The third-order valence-electron chi connectivity index (χ3n) is 5.43. The van der Waals surface area contributed by atoms with Gasteiger partial charge in [0.1, 0.15) is 23.2 Å². The van der Waals surface area contributed by atoms with Crippen molar-refractivity contribution in [3.63, 3.8) is 0 Å². The lowest BCUT2D eigenvalue weighted by Crippen LogP contribution is -2.06. The Kier molecular flexibility index (Phi) is 4.45. The van der Waals surface area contributed by atoms with Crippen molar-refractivity contribution >= 4 is 22.6 Å². The summed E-state index contributed by atoms with van der Waals surface area (Å²) in [5.74, 6) is 0.760. The predicted octanol–water partition coefficient (Wildman–Crippen LogP) is 3.43. The summed E-state index contributed by atoms with van der Waals surface area (Å²) in [7, 11) is 0. The van der Waals surface area contributed by atoms with E-state index >= 15 is 0 Å². The minimum absolute atomic E-state index is 0.216. The van der Waals surface area contributed by atoms with Gasteiger partial charge in [0, 0.05) is 18.2 Å². The highest BCUT2D eigenvalue weighted by Gasteiger charge is 2.21. The molecule has 0 bridgehead atoms. The molecule has 0 saturated heterocycles. The molecule has 34 heavy (non-hydrogen) atoms. The van der Waals surface area contributed by atoms with Crippen molar-refractivity contribution in [3.8, 4) is 28.7 Å². The van der Waals surface area contributed by atoms with Gasteiger partial charge in [0.2, 0.25) is 0 Å². The van der Waals surface area contributed by atoms with Gasteiger partial charge in [-0.1, -0.05) is 24.3 Å². The van der Waals surface area contributed by atoms with E-state index in [0.29, 0.717) is 51.7 Å². The van der Waals surface area contributed by atoms with E-state index in [1.807, 2.05) is 24.3 Å². The van der Waals surface area contributed by atoms with E-state index in [1.165, 1.54) is 12.7 Å². The third-order valence-corrected chi connectivity index (χ3v) is 5.43. The molecule has 0 unspecified atom stereocenters. The lowest BCUT2D eigenvalue weighted by Gasteiger charge is -2.11. The number of oxazole rings is 1. The van der Waals surface area contributed by atoms with Gasteiger partial charge >= 0.3 is 0 Å². The van der Waals surface area contributed by atoms with E-state index in [9.17, 15) is 5.26 Å². The summed E-state index contributed by atoms with van der Waals surface area (Å²) < 4.78 is 7.06. The predicted molar refractivity (Wildman–Crippen MR) is 123 cm³/mol. The molecule has 0 atom stereocenters. The first kappa shape index (κ1) is 19.5. The van der Waals surface area contributed by atoms with Gasteiger partial charge in [0.05, 0.1) is 17.3 Å². The molecule has 10 nitrogen and oxygen atoms in total. The number of aromatic nitrogens is 7. The molecule has 4 heterocycles. The molecule has 2 aromatic carbocycles. The van der Waals surface area contributed by atoms with E-state index in [0.717, 1.165) is 11.1 Å². The van der Waals surface area contributed by atoms with Crippen LogP contribution in [0.3, 0.4) is 0 Å². The van der Waals surface area contributed by atoms with Gasteiger partial charge in [0.25, 0.3) is 0 Å².